The number of nitrogens with zero attached hydrogens (tertiary/aromatic N) is 3. The van der Waals surface area contributed by atoms with Crippen molar-refractivity contribution in [3.05, 3.63) is 74.2 Å². The minimum atomic E-state index is -0.781. The number of carbonyl (C=O) groups excluding carboxylic acids is 4. The van der Waals surface area contributed by atoms with Crippen LogP contribution >= 0.6 is 47.8 Å². The Balaban J connectivity index is 1.69. The summed E-state index contributed by atoms with van der Waals surface area (Å²) in [6.07, 6.45) is 0.809. The van der Waals surface area contributed by atoms with E-state index in [2.05, 4.69) is 47.8 Å². The van der Waals surface area contributed by atoms with Crippen LogP contribution in [-0.2, 0) is 9.59 Å². The number of alkyl halides is 2. The van der Waals surface area contributed by atoms with E-state index in [9.17, 15) is 29.3 Å². The molecule has 1 heterocycles. The predicted molar refractivity (Wildman–Crippen MR) is 136 cm³/mol. The molecule has 2 aromatic carbocycles. The number of nitro benzene ring substituents is 1. The number of hydrogen-bond acceptors (Lipinski definition) is 6. The van der Waals surface area contributed by atoms with E-state index in [-0.39, 0.29) is 20.9 Å². The quantitative estimate of drug-likeness (QED) is 0.147. The molecule has 0 spiro atoms. The van der Waals surface area contributed by atoms with Gasteiger partial charge in [-0.2, -0.15) is 5.01 Å². The number of non-ortho nitro benzene ring substituents is 1. The van der Waals surface area contributed by atoms with Crippen LogP contribution < -0.4 is 0 Å². The van der Waals surface area contributed by atoms with Crippen LogP contribution in [0.4, 0.5) is 5.69 Å². The summed E-state index contributed by atoms with van der Waals surface area (Å²) in [4.78, 5) is 63.6. The van der Waals surface area contributed by atoms with Crippen molar-refractivity contribution < 1.29 is 24.1 Å². The second-order valence-electron chi connectivity index (χ2n) is 8.30. The second kappa shape index (κ2) is 10.3. The van der Waals surface area contributed by atoms with E-state index in [4.69, 9.17) is 0 Å². The number of rotatable bonds is 6. The standard InChI is InChI=1S/C23H18Br3N3O6/c24-14-5-1-12(2-6-14)20(30)11-27(21(31)13-3-7-15(8-4-13)29(34)35)28-22(32)16-9-18(25)19(26)10-17(16)23(28)33/h1-8,16-19H,9-11H2/t16-,17-,18+,19+/m1/s1. The van der Waals surface area contributed by atoms with Gasteiger partial charge in [-0.3, -0.25) is 29.3 Å². The summed E-state index contributed by atoms with van der Waals surface area (Å²) in [6.45, 7) is -0.552. The first kappa shape index (κ1) is 25.6. The minimum absolute atomic E-state index is 0.00594. The molecule has 35 heavy (non-hydrogen) atoms. The highest BCUT2D eigenvalue weighted by Crippen LogP contribution is 2.43. The first-order valence-electron chi connectivity index (χ1n) is 10.6. The summed E-state index contributed by atoms with van der Waals surface area (Å²) in [5, 5.41) is 12.6. The Kier molecular flexibility index (Phi) is 7.53. The van der Waals surface area contributed by atoms with Crippen LogP contribution in [0.1, 0.15) is 33.6 Å². The maximum absolute atomic E-state index is 13.5. The molecule has 2 aromatic rings. The molecule has 12 heteroatoms. The highest BCUT2D eigenvalue weighted by atomic mass is 79.9. The van der Waals surface area contributed by atoms with Gasteiger partial charge in [0.05, 0.1) is 16.8 Å². The van der Waals surface area contributed by atoms with Crippen LogP contribution in [0.5, 0.6) is 0 Å². The predicted octanol–water partition coefficient (Wildman–Crippen LogP) is 4.52. The molecule has 0 unspecified atom stereocenters. The third-order valence-electron chi connectivity index (χ3n) is 6.15. The number of benzene rings is 2. The number of imide groups is 1. The van der Waals surface area contributed by atoms with Crippen LogP contribution in [0, 0.1) is 22.0 Å². The molecule has 1 aliphatic carbocycles. The number of fused-ring (bicyclic) bond motifs is 1. The molecule has 0 bridgehead atoms. The first-order valence-corrected chi connectivity index (χ1v) is 13.2. The number of amides is 3. The van der Waals surface area contributed by atoms with Crippen LogP contribution in [0.3, 0.4) is 0 Å². The number of Topliss-reactive ketones (excluding diaryl/α,β-unsaturated/α-hetero) is 1. The SMILES string of the molecule is O=C(CN(C(=O)c1ccc([N+](=O)[O-])cc1)N1C(=O)[C@@H]2C[C@H](Br)[C@@H](Br)C[C@H]2C1=O)c1ccc(Br)cc1. The Labute approximate surface area is 225 Å². The topological polar surface area (TPSA) is 118 Å². The lowest BCUT2D eigenvalue weighted by molar-refractivity contribution is -0.384. The molecule has 2 aliphatic rings. The van der Waals surface area contributed by atoms with Crippen molar-refractivity contribution in [3.63, 3.8) is 0 Å². The third-order valence-corrected chi connectivity index (χ3v) is 9.41. The molecule has 4 atom stereocenters. The number of hydrogen-bond donors (Lipinski definition) is 0. The molecule has 4 rings (SSSR count). The fraction of sp³-hybridized carbons (Fsp3) is 0.304. The van der Waals surface area contributed by atoms with Gasteiger partial charge in [0, 0.05) is 37.4 Å². The Bertz CT molecular complexity index is 1180. The molecular weight excluding hydrogens is 654 g/mol. The molecule has 1 aliphatic heterocycles. The summed E-state index contributed by atoms with van der Waals surface area (Å²) in [7, 11) is 0. The van der Waals surface area contributed by atoms with Crippen molar-refractivity contribution in [3.8, 4) is 0 Å². The van der Waals surface area contributed by atoms with Gasteiger partial charge in [0.2, 0.25) is 0 Å². The van der Waals surface area contributed by atoms with Gasteiger partial charge in [-0.1, -0.05) is 59.9 Å². The summed E-state index contributed by atoms with van der Waals surface area (Å²) in [6, 6.07) is 11.3. The zero-order valence-corrected chi connectivity index (χ0v) is 22.7. The first-order chi connectivity index (χ1) is 16.6. The molecule has 0 N–H and O–H groups in total. The Hall–Kier alpha value is -2.44. The molecule has 9 nitrogen and oxygen atoms in total. The maximum Gasteiger partial charge on any atom is 0.273 e. The Morgan fingerprint density at radius 1 is 0.914 bits per heavy atom. The molecule has 0 aromatic heterocycles. The zero-order valence-electron chi connectivity index (χ0n) is 18.0. The molecular formula is C23H18Br3N3O6. The van der Waals surface area contributed by atoms with E-state index >= 15 is 0 Å². The van der Waals surface area contributed by atoms with Gasteiger partial charge in [0.15, 0.2) is 5.78 Å². The highest BCUT2D eigenvalue weighted by molar-refractivity contribution is 9.12. The van der Waals surface area contributed by atoms with E-state index in [1.807, 2.05) is 0 Å². The number of carbonyl (C=O) groups is 4. The van der Waals surface area contributed by atoms with Crippen LogP contribution in [0.15, 0.2) is 53.0 Å². The number of nitro groups is 1. The Morgan fingerprint density at radius 2 is 1.40 bits per heavy atom. The smallest absolute Gasteiger partial charge is 0.273 e. The van der Waals surface area contributed by atoms with Crippen LogP contribution in [0.25, 0.3) is 0 Å². The van der Waals surface area contributed by atoms with Crippen molar-refractivity contribution in [1.82, 2.24) is 10.0 Å². The van der Waals surface area contributed by atoms with Crippen molar-refractivity contribution >= 4 is 77.0 Å². The van der Waals surface area contributed by atoms with Crippen LogP contribution in [0.2, 0.25) is 0 Å². The average Bonchev–Trinajstić information content (AvgIpc) is 3.06. The molecule has 2 fully saturated rings. The summed E-state index contributed by atoms with van der Waals surface area (Å²) < 4.78 is 0.760. The van der Waals surface area contributed by atoms with Crippen molar-refractivity contribution in [2.24, 2.45) is 11.8 Å². The summed E-state index contributed by atoms with van der Waals surface area (Å²) in [5.74, 6) is -3.56. The van der Waals surface area contributed by atoms with Gasteiger partial charge in [0.1, 0.15) is 6.54 Å². The molecule has 1 saturated heterocycles. The van der Waals surface area contributed by atoms with Crippen molar-refractivity contribution in [2.75, 3.05) is 6.54 Å². The number of halogens is 3. The normalized spacial score (nSPS) is 23.7. The van der Waals surface area contributed by atoms with Gasteiger partial charge in [-0.25, -0.2) is 5.01 Å². The Morgan fingerprint density at radius 3 is 1.89 bits per heavy atom. The van der Waals surface area contributed by atoms with E-state index in [0.29, 0.717) is 18.4 Å². The van der Waals surface area contributed by atoms with Gasteiger partial charge in [-0.15, -0.1) is 0 Å². The number of hydrazine groups is 1. The second-order valence-corrected chi connectivity index (χ2v) is 11.6. The lowest BCUT2D eigenvalue weighted by Gasteiger charge is -2.30. The van der Waals surface area contributed by atoms with E-state index in [0.717, 1.165) is 26.6 Å². The van der Waals surface area contributed by atoms with Gasteiger partial charge >= 0.3 is 0 Å². The lowest BCUT2D eigenvalue weighted by atomic mass is 9.81. The van der Waals surface area contributed by atoms with Crippen molar-refractivity contribution in [2.45, 2.75) is 22.5 Å². The monoisotopic (exact) mass is 669 g/mol. The largest absolute Gasteiger partial charge is 0.292 e. The van der Waals surface area contributed by atoms with Crippen molar-refractivity contribution in [1.29, 1.82) is 0 Å². The summed E-state index contributed by atoms with van der Waals surface area (Å²) in [5.41, 5.74) is 0.0868. The fourth-order valence-electron chi connectivity index (χ4n) is 4.29. The minimum Gasteiger partial charge on any atom is -0.292 e. The average molecular weight is 672 g/mol. The molecule has 1 saturated carbocycles. The van der Waals surface area contributed by atoms with Gasteiger partial charge in [-0.05, 0) is 37.1 Å². The van der Waals surface area contributed by atoms with E-state index < -0.39 is 46.8 Å². The molecule has 3 amide bonds. The third kappa shape index (κ3) is 5.10. The highest BCUT2D eigenvalue weighted by Gasteiger charge is 2.54. The molecule has 0 radical (unpaired) electrons. The van der Waals surface area contributed by atoms with E-state index in [1.54, 1.807) is 24.3 Å². The molecule has 182 valence electrons. The summed E-state index contributed by atoms with van der Waals surface area (Å²) >= 11 is 10.4. The fourth-order valence-corrected chi connectivity index (χ4v) is 5.79. The lowest BCUT2D eigenvalue weighted by Crippen LogP contribution is -2.52. The maximum atomic E-state index is 13.5. The van der Waals surface area contributed by atoms with Gasteiger partial charge in [0.25, 0.3) is 23.4 Å². The van der Waals surface area contributed by atoms with E-state index in [1.165, 1.54) is 12.1 Å². The number of ketones is 1. The van der Waals surface area contributed by atoms with Gasteiger partial charge < -0.3 is 0 Å². The zero-order chi connectivity index (χ0) is 25.4. The van der Waals surface area contributed by atoms with Crippen LogP contribution in [-0.4, -0.2) is 54.6 Å².